The molecule has 0 aliphatic rings. The van der Waals surface area contributed by atoms with Gasteiger partial charge >= 0.3 is 5.69 Å². The van der Waals surface area contributed by atoms with Gasteiger partial charge in [-0.3, -0.25) is 14.8 Å². The first-order valence-corrected chi connectivity index (χ1v) is 6.23. The fraction of sp³-hybridized carbons (Fsp3) is 0.727. The van der Waals surface area contributed by atoms with Gasteiger partial charge in [0.05, 0.1) is 4.92 Å². The van der Waals surface area contributed by atoms with Crippen LogP contribution < -0.4 is 0 Å². The number of hydrogen-bond acceptors (Lipinski definition) is 3. The molecule has 0 aliphatic carbocycles. The predicted molar refractivity (Wildman–Crippen MR) is 67.6 cm³/mol. The van der Waals surface area contributed by atoms with Crippen LogP contribution in [0, 0.1) is 17.0 Å². The topological polar surface area (TPSA) is 61.0 Å². The average molecular weight is 260 g/mol. The quantitative estimate of drug-likeness (QED) is 0.463. The number of rotatable bonds is 5. The van der Waals surface area contributed by atoms with Crippen molar-refractivity contribution in [2.24, 2.45) is 0 Å². The summed E-state index contributed by atoms with van der Waals surface area (Å²) in [7, 11) is 0. The maximum atomic E-state index is 11.1. The maximum Gasteiger partial charge on any atom is 0.313 e. The van der Waals surface area contributed by atoms with E-state index in [1.165, 1.54) is 0 Å². The molecule has 0 bridgehead atoms. The third-order valence-corrected chi connectivity index (χ3v) is 3.27. The van der Waals surface area contributed by atoms with Gasteiger partial charge in [-0.25, -0.2) is 0 Å². The van der Waals surface area contributed by atoms with Gasteiger partial charge in [0.25, 0.3) is 0 Å². The zero-order chi connectivity index (χ0) is 13.2. The molecular formula is C11H18ClN3O2. The molecule has 0 amide bonds. The van der Waals surface area contributed by atoms with Gasteiger partial charge in [-0.2, -0.15) is 5.10 Å². The highest BCUT2D eigenvalue weighted by Gasteiger charge is 2.32. The van der Waals surface area contributed by atoms with Crippen molar-refractivity contribution in [3.8, 4) is 0 Å². The number of hydrogen-bond donors (Lipinski definition) is 0. The molecule has 17 heavy (non-hydrogen) atoms. The second-order valence-electron chi connectivity index (χ2n) is 4.08. The Balaban J connectivity index is 3.41. The van der Waals surface area contributed by atoms with E-state index < -0.39 is 0 Å². The monoisotopic (exact) mass is 259 g/mol. The minimum absolute atomic E-state index is 0.0433. The molecule has 0 saturated carbocycles. The molecule has 1 aromatic heterocycles. The summed E-state index contributed by atoms with van der Waals surface area (Å²) in [6.07, 6.45) is 0.761. The fourth-order valence-electron chi connectivity index (χ4n) is 2.16. The Bertz CT molecular complexity index is 415. The summed E-state index contributed by atoms with van der Waals surface area (Å²) >= 11 is 6.13. The molecule has 0 radical (unpaired) electrons. The zero-order valence-electron chi connectivity index (χ0n) is 10.6. The van der Waals surface area contributed by atoms with Crippen molar-refractivity contribution in [1.29, 1.82) is 0 Å². The first kappa shape index (κ1) is 14.0. The van der Waals surface area contributed by atoms with Gasteiger partial charge < -0.3 is 0 Å². The van der Waals surface area contributed by atoms with Crippen LogP contribution >= 0.6 is 11.6 Å². The first-order chi connectivity index (χ1) is 7.93. The lowest BCUT2D eigenvalue weighted by molar-refractivity contribution is -0.386. The van der Waals surface area contributed by atoms with Gasteiger partial charge in [0.1, 0.15) is 11.4 Å². The normalized spacial score (nSPS) is 14.6. The van der Waals surface area contributed by atoms with Crippen molar-refractivity contribution in [2.45, 2.75) is 52.0 Å². The van der Waals surface area contributed by atoms with Gasteiger partial charge in [0.2, 0.25) is 0 Å². The SMILES string of the molecule is CCC(c1c([N+](=O)[O-])c(C)nn1CC)C(C)Cl. The average Bonchev–Trinajstić information content (AvgIpc) is 2.56. The summed E-state index contributed by atoms with van der Waals surface area (Å²) in [5.41, 5.74) is 1.23. The van der Waals surface area contributed by atoms with E-state index >= 15 is 0 Å². The molecular weight excluding hydrogens is 242 g/mol. The van der Waals surface area contributed by atoms with Crippen LogP contribution in [-0.4, -0.2) is 20.1 Å². The number of halogens is 1. The van der Waals surface area contributed by atoms with Crippen LogP contribution in [0.2, 0.25) is 0 Å². The van der Waals surface area contributed by atoms with Gasteiger partial charge in [0, 0.05) is 17.8 Å². The molecule has 2 atom stereocenters. The second kappa shape index (κ2) is 5.49. The molecule has 1 heterocycles. The van der Waals surface area contributed by atoms with E-state index in [0.717, 1.165) is 6.42 Å². The van der Waals surface area contributed by atoms with Crippen molar-refractivity contribution in [1.82, 2.24) is 9.78 Å². The van der Waals surface area contributed by atoms with Crippen molar-refractivity contribution in [3.63, 3.8) is 0 Å². The van der Waals surface area contributed by atoms with Gasteiger partial charge in [-0.05, 0) is 27.2 Å². The maximum absolute atomic E-state index is 11.1. The Morgan fingerprint density at radius 1 is 1.53 bits per heavy atom. The largest absolute Gasteiger partial charge is 0.313 e. The van der Waals surface area contributed by atoms with Crippen molar-refractivity contribution in [3.05, 3.63) is 21.5 Å². The number of alkyl halides is 1. The van der Waals surface area contributed by atoms with Gasteiger partial charge in [-0.1, -0.05) is 6.92 Å². The number of aromatic nitrogens is 2. The molecule has 0 saturated heterocycles. The summed E-state index contributed by atoms with van der Waals surface area (Å²) in [5.74, 6) is -0.0433. The van der Waals surface area contributed by atoms with Crippen LogP contribution in [0.15, 0.2) is 0 Å². The van der Waals surface area contributed by atoms with E-state index in [4.69, 9.17) is 11.6 Å². The predicted octanol–water partition coefficient (Wildman–Crippen LogP) is 3.24. The number of nitro groups is 1. The van der Waals surface area contributed by atoms with Crippen molar-refractivity contribution < 1.29 is 4.92 Å². The summed E-state index contributed by atoms with van der Waals surface area (Å²) in [6, 6.07) is 0. The Labute approximate surface area is 106 Å². The highest BCUT2D eigenvalue weighted by molar-refractivity contribution is 6.20. The standard InChI is InChI=1S/C11H18ClN3O2/c1-5-9(7(3)12)11-10(15(16)17)8(4)13-14(11)6-2/h7,9H,5-6H2,1-4H3. The van der Waals surface area contributed by atoms with E-state index in [0.29, 0.717) is 17.9 Å². The molecule has 6 heteroatoms. The summed E-state index contributed by atoms with van der Waals surface area (Å²) in [5, 5.41) is 15.2. The van der Waals surface area contributed by atoms with Crippen LogP contribution in [0.4, 0.5) is 5.69 Å². The zero-order valence-corrected chi connectivity index (χ0v) is 11.4. The Morgan fingerprint density at radius 2 is 2.12 bits per heavy atom. The Kier molecular flexibility index (Phi) is 4.51. The Hall–Kier alpha value is -1.10. The highest BCUT2D eigenvalue weighted by atomic mass is 35.5. The van der Waals surface area contributed by atoms with Crippen LogP contribution in [0.5, 0.6) is 0 Å². The molecule has 0 fully saturated rings. The second-order valence-corrected chi connectivity index (χ2v) is 4.77. The van der Waals surface area contributed by atoms with Crippen LogP contribution in [0.1, 0.15) is 44.5 Å². The molecule has 0 spiro atoms. The molecule has 1 aromatic rings. The number of nitrogens with zero attached hydrogens (tertiary/aromatic N) is 3. The molecule has 0 aromatic carbocycles. The van der Waals surface area contributed by atoms with E-state index in [9.17, 15) is 10.1 Å². The third kappa shape index (κ3) is 2.60. The molecule has 0 N–H and O–H groups in total. The van der Waals surface area contributed by atoms with E-state index in [1.54, 1.807) is 11.6 Å². The van der Waals surface area contributed by atoms with E-state index in [-0.39, 0.29) is 21.9 Å². The van der Waals surface area contributed by atoms with Crippen LogP contribution in [0.3, 0.4) is 0 Å². The lowest BCUT2D eigenvalue weighted by Gasteiger charge is -2.17. The summed E-state index contributed by atoms with van der Waals surface area (Å²) < 4.78 is 1.69. The summed E-state index contributed by atoms with van der Waals surface area (Å²) in [4.78, 5) is 10.8. The van der Waals surface area contributed by atoms with Crippen molar-refractivity contribution in [2.75, 3.05) is 0 Å². The van der Waals surface area contributed by atoms with Crippen molar-refractivity contribution >= 4 is 17.3 Å². The van der Waals surface area contributed by atoms with Gasteiger partial charge in [-0.15, -0.1) is 11.6 Å². The Morgan fingerprint density at radius 3 is 2.47 bits per heavy atom. The molecule has 1 rings (SSSR count). The smallest absolute Gasteiger partial charge is 0.262 e. The summed E-state index contributed by atoms with van der Waals surface area (Å²) in [6.45, 7) is 8.05. The van der Waals surface area contributed by atoms with E-state index in [1.807, 2.05) is 20.8 Å². The van der Waals surface area contributed by atoms with Crippen LogP contribution in [-0.2, 0) is 6.54 Å². The molecule has 0 aliphatic heterocycles. The third-order valence-electron chi connectivity index (χ3n) is 2.96. The number of aryl methyl sites for hydroxylation is 2. The molecule has 2 unspecified atom stereocenters. The fourth-order valence-corrected chi connectivity index (χ4v) is 2.46. The molecule has 96 valence electrons. The van der Waals surface area contributed by atoms with Crippen LogP contribution in [0.25, 0.3) is 0 Å². The highest BCUT2D eigenvalue weighted by Crippen LogP contribution is 2.35. The van der Waals surface area contributed by atoms with E-state index in [2.05, 4.69) is 5.10 Å². The van der Waals surface area contributed by atoms with Gasteiger partial charge in [0.15, 0.2) is 0 Å². The first-order valence-electron chi connectivity index (χ1n) is 5.79. The lowest BCUT2D eigenvalue weighted by atomic mass is 9.97. The lowest BCUT2D eigenvalue weighted by Crippen LogP contribution is -2.15. The minimum atomic E-state index is -0.355. The minimum Gasteiger partial charge on any atom is -0.262 e. The molecule has 5 nitrogen and oxygen atoms in total.